The molecular weight excluding hydrogens is 272 g/mol. The number of aliphatic hydroxyl groups excluding tert-OH is 1. The lowest BCUT2D eigenvalue weighted by Gasteiger charge is -2.04. The van der Waals surface area contributed by atoms with Gasteiger partial charge in [0.05, 0.1) is 0 Å². The second-order valence-electron chi connectivity index (χ2n) is 5.15. The summed E-state index contributed by atoms with van der Waals surface area (Å²) in [4.78, 5) is 0. The molecule has 0 saturated heterocycles. The maximum atomic E-state index is 8.25. The van der Waals surface area contributed by atoms with E-state index >= 15 is 0 Å². The van der Waals surface area contributed by atoms with Crippen LogP contribution in [0.25, 0.3) is 0 Å². The molecule has 0 aliphatic rings. The highest BCUT2D eigenvalue weighted by Crippen LogP contribution is 2.00. The number of benzene rings is 2. The quantitative estimate of drug-likeness (QED) is 0.657. The van der Waals surface area contributed by atoms with E-state index in [-0.39, 0.29) is 0 Å². The van der Waals surface area contributed by atoms with E-state index in [1.807, 2.05) is 12.1 Å². The molecular formula is C19H28N2O. The molecule has 0 unspecified atom stereocenters. The smallest absolute Gasteiger partial charge is 0.0431 e. The molecule has 0 bridgehead atoms. The van der Waals surface area contributed by atoms with Crippen LogP contribution in [0, 0.1) is 0 Å². The summed E-state index contributed by atoms with van der Waals surface area (Å²) in [5.74, 6) is 0. The van der Waals surface area contributed by atoms with Crippen molar-refractivity contribution in [3.63, 3.8) is 0 Å². The predicted molar refractivity (Wildman–Crippen MR) is 93.4 cm³/mol. The van der Waals surface area contributed by atoms with Crippen LogP contribution >= 0.6 is 0 Å². The standard InChI is InChI=1S/C14H15N.C5H13NO/c1-3-7-13(8-4-1)11-15-12-14-9-5-2-6-10-14;6-4-2-1-3-5-7/h1-10,15H,11-12H2;7H,1-6H2. The number of hydrogen-bond acceptors (Lipinski definition) is 3. The second kappa shape index (κ2) is 13.0. The fourth-order valence-electron chi connectivity index (χ4n) is 1.98. The molecule has 22 heavy (non-hydrogen) atoms. The van der Waals surface area contributed by atoms with Gasteiger partial charge in [-0.1, -0.05) is 60.7 Å². The van der Waals surface area contributed by atoms with Gasteiger partial charge in [0, 0.05) is 19.7 Å². The lowest BCUT2D eigenvalue weighted by atomic mass is 10.2. The van der Waals surface area contributed by atoms with Gasteiger partial charge in [0.25, 0.3) is 0 Å². The first kappa shape index (κ1) is 18.4. The Balaban J connectivity index is 0.000000295. The van der Waals surface area contributed by atoms with Crippen molar-refractivity contribution in [3.8, 4) is 0 Å². The molecule has 0 aromatic heterocycles. The monoisotopic (exact) mass is 300 g/mol. The van der Waals surface area contributed by atoms with Crippen molar-refractivity contribution in [2.75, 3.05) is 13.2 Å². The average Bonchev–Trinajstić information content (AvgIpc) is 2.58. The van der Waals surface area contributed by atoms with Crippen molar-refractivity contribution in [2.24, 2.45) is 5.73 Å². The molecule has 0 atom stereocenters. The molecule has 0 aliphatic heterocycles. The summed E-state index contributed by atoms with van der Waals surface area (Å²) in [6.45, 7) is 2.91. The number of hydrogen-bond donors (Lipinski definition) is 3. The summed E-state index contributed by atoms with van der Waals surface area (Å²) in [5, 5.41) is 11.7. The zero-order valence-corrected chi connectivity index (χ0v) is 13.2. The van der Waals surface area contributed by atoms with E-state index in [1.54, 1.807) is 0 Å². The van der Waals surface area contributed by atoms with Gasteiger partial charge in [-0.2, -0.15) is 0 Å². The Hall–Kier alpha value is -1.68. The summed E-state index contributed by atoms with van der Waals surface area (Å²) >= 11 is 0. The fraction of sp³-hybridized carbons (Fsp3) is 0.368. The normalized spacial score (nSPS) is 9.91. The molecule has 4 N–H and O–H groups in total. The maximum absolute atomic E-state index is 8.25. The van der Waals surface area contributed by atoms with Crippen LogP contribution in [-0.4, -0.2) is 18.3 Å². The first-order valence-electron chi connectivity index (χ1n) is 7.96. The Kier molecular flexibility index (Phi) is 10.9. The molecule has 0 radical (unpaired) electrons. The molecule has 0 heterocycles. The Morgan fingerprint density at radius 3 is 1.64 bits per heavy atom. The minimum Gasteiger partial charge on any atom is -0.396 e. The molecule has 0 saturated carbocycles. The van der Waals surface area contributed by atoms with Crippen LogP contribution in [0.5, 0.6) is 0 Å². The maximum Gasteiger partial charge on any atom is 0.0431 e. The highest BCUT2D eigenvalue weighted by atomic mass is 16.2. The molecule has 0 spiro atoms. The van der Waals surface area contributed by atoms with E-state index in [2.05, 4.69) is 53.8 Å². The van der Waals surface area contributed by atoms with E-state index in [9.17, 15) is 0 Å². The number of aliphatic hydroxyl groups is 1. The van der Waals surface area contributed by atoms with Crippen LogP contribution in [0.1, 0.15) is 30.4 Å². The first-order chi connectivity index (χ1) is 10.9. The Morgan fingerprint density at radius 2 is 1.23 bits per heavy atom. The minimum absolute atomic E-state index is 0.306. The molecule has 0 fully saturated rings. The third-order valence-electron chi connectivity index (χ3n) is 3.21. The van der Waals surface area contributed by atoms with E-state index < -0.39 is 0 Å². The van der Waals surface area contributed by atoms with Gasteiger partial charge in [-0.15, -0.1) is 0 Å². The average molecular weight is 300 g/mol. The molecule has 120 valence electrons. The van der Waals surface area contributed by atoms with Gasteiger partial charge in [0.15, 0.2) is 0 Å². The largest absolute Gasteiger partial charge is 0.396 e. The second-order valence-corrected chi connectivity index (χ2v) is 5.15. The van der Waals surface area contributed by atoms with Crippen LogP contribution < -0.4 is 11.1 Å². The summed E-state index contributed by atoms with van der Waals surface area (Å²) in [7, 11) is 0. The molecule has 2 rings (SSSR count). The molecule has 2 aromatic rings. The van der Waals surface area contributed by atoms with Crippen molar-refractivity contribution in [3.05, 3.63) is 71.8 Å². The van der Waals surface area contributed by atoms with Gasteiger partial charge in [-0.05, 0) is 36.9 Å². The van der Waals surface area contributed by atoms with Gasteiger partial charge < -0.3 is 16.2 Å². The van der Waals surface area contributed by atoms with Crippen LogP contribution in [0.4, 0.5) is 0 Å². The molecule has 0 aliphatic carbocycles. The van der Waals surface area contributed by atoms with Gasteiger partial charge in [-0.3, -0.25) is 0 Å². The van der Waals surface area contributed by atoms with Crippen LogP contribution in [0.3, 0.4) is 0 Å². The number of nitrogens with one attached hydrogen (secondary N) is 1. The van der Waals surface area contributed by atoms with Gasteiger partial charge in [-0.25, -0.2) is 0 Å². The Labute approximate surface area is 134 Å². The third kappa shape index (κ3) is 9.29. The van der Waals surface area contributed by atoms with Crippen LogP contribution in [0.15, 0.2) is 60.7 Å². The zero-order valence-electron chi connectivity index (χ0n) is 13.2. The van der Waals surface area contributed by atoms with E-state index in [1.165, 1.54) is 11.1 Å². The van der Waals surface area contributed by atoms with E-state index in [0.717, 1.165) is 38.9 Å². The van der Waals surface area contributed by atoms with E-state index in [0.29, 0.717) is 6.61 Å². The molecule has 3 heteroatoms. The Bertz CT molecular complexity index is 416. The highest BCUT2D eigenvalue weighted by molar-refractivity contribution is 5.16. The summed E-state index contributed by atoms with van der Waals surface area (Å²) in [5.41, 5.74) is 7.84. The zero-order chi connectivity index (χ0) is 15.9. The topological polar surface area (TPSA) is 58.3 Å². The number of rotatable bonds is 8. The van der Waals surface area contributed by atoms with E-state index in [4.69, 9.17) is 10.8 Å². The van der Waals surface area contributed by atoms with Gasteiger partial charge >= 0.3 is 0 Å². The summed E-state index contributed by atoms with van der Waals surface area (Å²) in [6.07, 6.45) is 3.00. The van der Waals surface area contributed by atoms with Crippen LogP contribution in [-0.2, 0) is 13.1 Å². The lowest BCUT2D eigenvalue weighted by Crippen LogP contribution is -2.12. The fourth-order valence-corrected chi connectivity index (χ4v) is 1.98. The SMILES string of the molecule is NCCCCCO.c1ccc(CNCc2ccccc2)cc1. The minimum atomic E-state index is 0.306. The van der Waals surface area contributed by atoms with Crippen molar-refractivity contribution < 1.29 is 5.11 Å². The van der Waals surface area contributed by atoms with Crippen molar-refractivity contribution in [1.82, 2.24) is 5.32 Å². The Morgan fingerprint density at radius 1 is 0.727 bits per heavy atom. The van der Waals surface area contributed by atoms with Gasteiger partial charge in [0.2, 0.25) is 0 Å². The lowest BCUT2D eigenvalue weighted by molar-refractivity contribution is 0.283. The highest BCUT2D eigenvalue weighted by Gasteiger charge is 1.92. The summed E-state index contributed by atoms with van der Waals surface area (Å²) < 4.78 is 0. The number of unbranched alkanes of at least 4 members (excludes halogenated alkanes) is 2. The number of nitrogens with two attached hydrogens (primary N) is 1. The van der Waals surface area contributed by atoms with Crippen molar-refractivity contribution in [2.45, 2.75) is 32.4 Å². The molecule has 2 aromatic carbocycles. The van der Waals surface area contributed by atoms with Crippen molar-refractivity contribution in [1.29, 1.82) is 0 Å². The molecule has 0 amide bonds. The molecule has 3 nitrogen and oxygen atoms in total. The predicted octanol–water partition coefficient (Wildman–Crippen LogP) is 3.08. The van der Waals surface area contributed by atoms with Crippen LogP contribution in [0.2, 0.25) is 0 Å². The van der Waals surface area contributed by atoms with Gasteiger partial charge in [0.1, 0.15) is 0 Å². The summed E-state index contributed by atoms with van der Waals surface area (Å²) in [6, 6.07) is 20.9. The third-order valence-corrected chi connectivity index (χ3v) is 3.21. The first-order valence-corrected chi connectivity index (χ1v) is 7.96. The van der Waals surface area contributed by atoms with Crippen molar-refractivity contribution >= 4 is 0 Å².